The van der Waals surface area contributed by atoms with Crippen molar-refractivity contribution in [1.82, 2.24) is 10.2 Å². The number of aliphatic hydroxyl groups excluding tert-OH is 1. The Morgan fingerprint density at radius 2 is 1.90 bits per heavy atom. The number of benzene rings is 1. The van der Waals surface area contributed by atoms with Crippen molar-refractivity contribution < 1.29 is 24.2 Å². The Morgan fingerprint density at radius 3 is 2.35 bits per heavy atom. The van der Waals surface area contributed by atoms with Crippen LogP contribution in [0.15, 0.2) is 24.3 Å². The fourth-order valence-corrected chi connectivity index (χ4v) is 1.57. The third-order valence-electron chi connectivity index (χ3n) is 2.71. The second-order valence-corrected chi connectivity index (χ2v) is 4.49. The van der Waals surface area contributed by atoms with E-state index in [-0.39, 0.29) is 12.4 Å². The Balaban J connectivity index is 2.62. The highest BCUT2D eigenvalue weighted by Gasteiger charge is 2.26. The summed E-state index contributed by atoms with van der Waals surface area (Å²) in [5.41, 5.74) is 0.702. The smallest absolute Gasteiger partial charge is 0.328 e. The zero-order valence-electron chi connectivity index (χ0n) is 11.2. The minimum Gasteiger partial charge on any atom is -0.480 e. The topological polar surface area (TPSA) is 89.9 Å². The lowest BCUT2D eigenvalue weighted by Gasteiger charge is -2.22. The molecule has 0 aliphatic heterocycles. The van der Waals surface area contributed by atoms with Crippen molar-refractivity contribution in [2.45, 2.75) is 25.6 Å². The van der Waals surface area contributed by atoms with E-state index in [1.54, 1.807) is 0 Å². The number of carboxylic acid groups (broad SMARTS) is 1. The Morgan fingerprint density at radius 1 is 1.35 bits per heavy atom. The quantitative estimate of drug-likeness (QED) is 0.746. The number of aliphatic hydroxyl groups is 1. The molecule has 2 amide bonds. The van der Waals surface area contributed by atoms with E-state index in [1.165, 1.54) is 43.1 Å². The molecule has 0 fully saturated rings. The van der Waals surface area contributed by atoms with Gasteiger partial charge in [0, 0.05) is 13.6 Å². The van der Waals surface area contributed by atoms with E-state index in [1.807, 2.05) is 0 Å². The molecule has 2 atom stereocenters. The van der Waals surface area contributed by atoms with Crippen molar-refractivity contribution in [3.05, 3.63) is 35.6 Å². The van der Waals surface area contributed by atoms with Crippen LogP contribution in [0, 0.1) is 5.82 Å². The molecule has 0 bridgehead atoms. The van der Waals surface area contributed by atoms with E-state index >= 15 is 0 Å². The molecule has 3 N–H and O–H groups in total. The molecule has 20 heavy (non-hydrogen) atoms. The number of nitrogens with one attached hydrogen (secondary N) is 1. The third kappa shape index (κ3) is 4.51. The number of hydrogen-bond donors (Lipinski definition) is 3. The van der Waals surface area contributed by atoms with Crippen LogP contribution in [0.3, 0.4) is 0 Å². The lowest BCUT2D eigenvalue weighted by Crippen LogP contribution is -2.51. The third-order valence-corrected chi connectivity index (χ3v) is 2.71. The average Bonchev–Trinajstić information content (AvgIpc) is 2.37. The van der Waals surface area contributed by atoms with Crippen LogP contribution in [-0.4, -0.2) is 46.3 Å². The first-order valence-electron chi connectivity index (χ1n) is 5.98. The van der Waals surface area contributed by atoms with E-state index in [4.69, 9.17) is 5.11 Å². The lowest BCUT2D eigenvalue weighted by molar-refractivity contribution is -0.141. The molecule has 0 saturated carbocycles. The summed E-state index contributed by atoms with van der Waals surface area (Å²) in [6, 6.07) is 3.60. The van der Waals surface area contributed by atoms with Crippen LogP contribution in [0.25, 0.3) is 0 Å². The second kappa shape index (κ2) is 6.85. The maximum atomic E-state index is 12.7. The molecule has 0 radical (unpaired) electrons. The Kier molecular flexibility index (Phi) is 5.45. The Bertz CT molecular complexity index is 476. The molecule has 6 nitrogen and oxygen atoms in total. The van der Waals surface area contributed by atoms with E-state index < -0.39 is 24.1 Å². The number of halogens is 1. The molecular formula is C13H17FN2O4. The number of rotatable bonds is 5. The maximum Gasteiger partial charge on any atom is 0.328 e. The van der Waals surface area contributed by atoms with Gasteiger partial charge in [-0.15, -0.1) is 0 Å². The van der Waals surface area contributed by atoms with Crippen molar-refractivity contribution in [3.63, 3.8) is 0 Å². The highest BCUT2D eigenvalue weighted by Crippen LogP contribution is 2.06. The summed E-state index contributed by atoms with van der Waals surface area (Å²) in [6.45, 7) is 1.47. The van der Waals surface area contributed by atoms with Crippen molar-refractivity contribution in [1.29, 1.82) is 0 Å². The molecule has 0 heterocycles. The first-order valence-corrected chi connectivity index (χ1v) is 5.98. The predicted molar refractivity (Wildman–Crippen MR) is 69.5 cm³/mol. The molecule has 0 saturated heterocycles. The van der Waals surface area contributed by atoms with E-state index in [9.17, 15) is 19.1 Å². The molecule has 1 aromatic rings. The minimum absolute atomic E-state index is 0.193. The van der Waals surface area contributed by atoms with Crippen molar-refractivity contribution in [3.8, 4) is 0 Å². The lowest BCUT2D eigenvalue weighted by atomic mass is 10.2. The average molecular weight is 284 g/mol. The SMILES string of the molecule is C[C@@H](O)[C@H](NC(=O)N(C)Cc1ccc(F)cc1)C(=O)O. The number of urea groups is 1. The van der Waals surface area contributed by atoms with Crippen LogP contribution >= 0.6 is 0 Å². The van der Waals surface area contributed by atoms with Gasteiger partial charge in [-0.25, -0.2) is 14.0 Å². The fraction of sp³-hybridized carbons (Fsp3) is 0.385. The van der Waals surface area contributed by atoms with Crippen molar-refractivity contribution >= 4 is 12.0 Å². The number of hydrogen-bond acceptors (Lipinski definition) is 3. The van der Waals surface area contributed by atoms with Gasteiger partial charge in [-0.05, 0) is 24.6 Å². The predicted octanol–water partition coefficient (Wildman–Crippen LogP) is 0.801. The molecule has 1 rings (SSSR count). The number of carboxylic acids is 1. The Hall–Kier alpha value is -2.15. The van der Waals surface area contributed by atoms with Gasteiger partial charge in [0.25, 0.3) is 0 Å². The number of carbonyl (C=O) groups excluding carboxylic acids is 1. The molecule has 0 unspecified atom stereocenters. The van der Waals surface area contributed by atoms with Gasteiger partial charge in [0.1, 0.15) is 5.82 Å². The van der Waals surface area contributed by atoms with E-state index in [0.29, 0.717) is 5.56 Å². The number of amides is 2. The van der Waals surface area contributed by atoms with Crippen molar-refractivity contribution in [2.75, 3.05) is 7.05 Å². The number of nitrogens with zero attached hydrogens (tertiary/aromatic N) is 1. The van der Waals surface area contributed by atoms with Crippen molar-refractivity contribution in [2.24, 2.45) is 0 Å². The highest BCUT2D eigenvalue weighted by atomic mass is 19.1. The van der Waals surface area contributed by atoms with Crippen LogP contribution < -0.4 is 5.32 Å². The maximum absolute atomic E-state index is 12.7. The van der Waals surface area contributed by atoms with Gasteiger partial charge < -0.3 is 20.4 Å². The summed E-state index contributed by atoms with van der Waals surface area (Å²) >= 11 is 0. The highest BCUT2D eigenvalue weighted by molar-refractivity contribution is 5.82. The van der Waals surface area contributed by atoms with E-state index in [2.05, 4.69) is 5.32 Å². The summed E-state index contributed by atoms with van der Waals surface area (Å²) in [6.07, 6.45) is -1.21. The van der Waals surface area contributed by atoms with Gasteiger partial charge in [0.05, 0.1) is 6.10 Å². The first-order chi connectivity index (χ1) is 9.31. The summed E-state index contributed by atoms with van der Waals surface area (Å²) in [7, 11) is 1.47. The van der Waals surface area contributed by atoms with Crippen LogP contribution in [0.1, 0.15) is 12.5 Å². The molecule has 0 aliphatic carbocycles. The number of aliphatic carboxylic acids is 1. The fourth-order valence-electron chi connectivity index (χ4n) is 1.57. The van der Waals surface area contributed by atoms with E-state index in [0.717, 1.165) is 0 Å². The summed E-state index contributed by atoms with van der Waals surface area (Å²) in [5, 5.41) is 20.3. The van der Waals surface area contributed by atoms with Gasteiger partial charge >= 0.3 is 12.0 Å². The second-order valence-electron chi connectivity index (χ2n) is 4.49. The molecular weight excluding hydrogens is 267 g/mol. The largest absolute Gasteiger partial charge is 0.480 e. The zero-order chi connectivity index (χ0) is 15.3. The van der Waals surface area contributed by atoms with Gasteiger partial charge in [-0.3, -0.25) is 0 Å². The molecule has 1 aromatic carbocycles. The summed E-state index contributed by atoms with van der Waals surface area (Å²) < 4.78 is 12.7. The van der Waals surface area contributed by atoms with Gasteiger partial charge in [-0.1, -0.05) is 12.1 Å². The monoisotopic (exact) mass is 284 g/mol. The molecule has 0 aliphatic rings. The van der Waals surface area contributed by atoms with Crippen LogP contribution in [0.4, 0.5) is 9.18 Å². The van der Waals surface area contributed by atoms with Crippen LogP contribution in [0.2, 0.25) is 0 Å². The molecule has 0 aromatic heterocycles. The molecule has 0 spiro atoms. The zero-order valence-corrected chi connectivity index (χ0v) is 11.2. The first kappa shape index (κ1) is 15.9. The molecule has 110 valence electrons. The summed E-state index contributed by atoms with van der Waals surface area (Å²) in [5.74, 6) is -1.69. The Labute approximate surface area is 115 Å². The van der Waals surface area contributed by atoms with Crippen LogP contribution in [-0.2, 0) is 11.3 Å². The molecule has 7 heteroatoms. The van der Waals surface area contributed by atoms with Crippen LogP contribution in [0.5, 0.6) is 0 Å². The number of carbonyl (C=O) groups is 2. The summed E-state index contributed by atoms with van der Waals surface area (Å²) in [4.78, 5) is 23.9. The normalized spacial score (nSPS) is 13.4. The van der Waals surface area contributed by atoms with Gasteiger partial charge in [-0.2, -0.15) is 0 Å². The standard InChI is InChI=1S/C13H17FN2O4/c1-8(17)11(12(18)19)15-13(20)16(2)7-9-3-5-10(14)6-4-9/h3-6,8,11,17H,7H2,1-2H3,(H,15,20)(H,18,19)/t8-,11+/m1/s1. The van der Waals surface area contributed by atoms with Gasteiger partial charge in [0.15, 0.2) is 6.04 Å². The minimum atomic E-state index is -1.38. The van der Waals surface area contributed by atoms with Gasteiger partial charge in [0.2, 0.25) is 0 Å².